The molecule has 1 aliphatic rings. The number of aromatic nitrogens is 1. The second-order valence-corrected chi connectivity index (χ2v) is 10.8. The van der Waals surface area contributed by atoms with E-state index in [4.69, 9.17) is 5.11 Å². The molecular weight excluding hydrogens is 551 g/mol. The summed E-state index contributed by atoms with van der Waals surface area (Å²) < 4.78 is 38.9. The number of rotatable bonds is 9. The van der Waals surface area contributed by atoms with Gasteiger partial charge in [-0.1, -0.05) is 42.5 Å². The highest BCUT2D eigenvalue weighted by molar-refractivity contribution is 7.14. The zero-order valence-electron chi connectivity index (χ0n) is 22.0. The summed E-state index contributed by atoms with van der Waals surface area (Å²) in [6.07, 6.45) is -0.164. The SMILES string of the molecule is O=C(O)CCNC(=O)c1ccc(C(Nc2nc(-c3ccc(C(F)(F)F)cc3)cs2)c2ccc3c(c2)CCCC3)cc1. The van der Waals surface area contributed by atoms with E-state index in [-0.39, 0.29) is 24.9 Å². The lowest BCUT2D eigenvalue weighted by molar-refractivity contribution is -0.138. The summed E-state index contributed by atoms with van der Waals surface area (Å²) in [6.45, 7) is 0.0422. The molecule has 1 amide bonds. The Morgan fingerprint density at radius 1 is 0.927 bits per heavy atom. The van der Waals surface area contributed by atoms with Gasteiger partial charge in [0.2, 0.25) is 0 Å². The summed E-state index contributed by atoms with van der Waals surface area (Å²) in [5.41, 5.74) is 5.48. The van der Waals surface area contributed by atoms with E-state index >= 15 is 0 Å². The molecule has 0 aliphatic heterocycles. The maximum atomic E-state index is 13.0. The van der Waals surface area contributed by atoms with Gasteiger partial charge in [0.05, 0.1) is 23.7 Å². The largest absolute Gasteiger partial charge is 0.481 e. The topological polar surface area (TPSA) is 91.3 Å². The predicted octanol–water partition coefficient (Wildman–Crippen LogP) is 7.11. The summed E-state index contributed by atoms with van der Waals surface area (Å²) in [6, 6.07) is 18.2. The van der Waals surface area contributed by atoms with Crippen LogP contribution in [0.1, 0.15) is 63.5 Å². The van der Waals surface area contributed by atoms with Gasteiger partial charge in [0.1, 0.15) is 0 Å². The number of hydrogen-bond acceptors (Lipinski definition) is 5. The third-order valence-electron chi connectivity index (χ3n) is 7.12. The van der Waals surface area contributed by atoms with Crippen LogP contribution in [0.3, 0.4) is 0 Å². The van der Waals surface area contributed by atoms with Crippen LogP contribution in [0.5, 0.6) is 0 Å². The van der Waals surface area contributed by atoms with Crippen LogP contribution in [-0.2, 0) is 23.8 Å². The molecule has 0 bridgehead atoms. The van der Waals surface area contributed by atoms with E-state index in [0.29, 0.717) is 22.0 Å². The Bertz CT molecular complexity index is 1530. The molecule has 5 rings (SSSR count). The van der Waals surface area contributed by atoms with Gasteiger partial charge in [-0.3, -0.25) is 9.59 Å². The van der Waals surface area contributed by atoms with E-state index < -0.39 is 17.7 Å². The summed E-state index contributed by atoms with van der Waals surface area (Å²) in [7, 11) is 0. The fourth-order valence-corrected chi connectivity index (χ4v) is 5.68. The number of aryl methyl sites for hydroxylation is 2. The zero-order valence-corrected chi connectivity index (χ0v) is 22.8. The zero-order chi connectivity index (χ0) is 29.0. The summed E-state index contributed by atoms with van der Waals surface area (Å²) >= 11 is 1.36. The van der Waals surface area contributed by atoms with E-state index in [2.05, 4.69) is 33.8 Å². The summed E-state index contributed by atoms with van der Waals surface area (Å²) in [4.78, 5) is 27.8. The molecule has 0 fully saturated rings. The number of carbonyl (C=O) groups excluding carboxylic acids is 1. The van der Waals surface area contributed by atoms with Crippen molar-refractivity contribution in [1.29, 1.82) is 0 Å². The normalized spacial score (nSPS) is 13.7. The van der Waals surface area contributed by atoms with Gasteiger partial charge in [0.15, 0.2) is 5.13 Å². The standard InChI is InChI=1S/C31H28F3N3O3S/c32-31(33,34)25-13-11-20(12-14-25)26-18-41-30(36-26)37-28(24-10-5-19-3-1-2-4-23(19)17-24)21-6-8-22(9-7-21)29(40)35-16-15-27(38)39/h5-14,17-18,28H,1-4,15-16H2,(H,35,40)(H,36,37)(H,38,39). The Balaban J connectivity index is 1.40. The van der Waals surface area contributed by atoms with E-state index in [9.17, 15) is 22.8 Å². The number of thiazole rings is 1. The molecule has 0 saturated heterocycles. The first-order valence-corrected chi connectivity index (χ1v) is 14.2. The van der Waals surface area contributed by atoms with Crippen molar-refractivity contribution in [1.82, 2.24) is 10.3 Å². The van der Waals surface area contributed by atoms with Gasteiger partial charge in [0, 0.05) is 23.1 Å². The van der Waals surface area contributed by atoms with Crippen LogP contribution in [0.15, 0.2) is 72.1 Å². The van der Waals surface area contributed by atoms with Crippen LogP contribution in [0.25, 0.3) is 11.3 Å². The number of nitrogens with one attached hydrogen (secondary N) is 2. The number of aliphatic carboxylic acids is 1. The van der Waals surface area contributed by atoms with Crippen molar-refractivity contribution in [2.75, 3.05) is 11.9 Å². The smallest absolute Gasteiger partial charge is 0.416 e. The molecular formula is C31H28F3N3O3S. The van der Waals surface area contributed by atoms with Gasteiger partial charge >= 0.3 is 12.1 Å². The third kappa shape index (κ3) is 6.94. The van der Waals surface area contributed by atoms with Gasteiger partial charge in [-0.05, 0) is 72.2 Å². The van der Waals surface area contributed by atoms with Crippen molar-refractivity contribution in [2.45, 2.75) is 44.3 Å². The fraction of sp³-hybridized carbons (Fsp3) is 0.258. The first-order valence-electron chi connectivity index (χ1n) is 13.3. The number of carboxylic acids is 1. The molecule has 1 atom stereocenters. The van der Waals surface area contributed by atoms with Crippen LogP contribution in [0, 0.1) is 0 Å². The first-order chi connectivity index (χ1) is 19.7. The lowest BCUT2D eigenvalue weighted by Crippen LogP contribution is -2.26. The van der Waals surface area contributed by atoms with Gasteiger partial charge in [-0.15, -0.1) is 11.3 Å². The lowest BCUT2D eigenvalue weighted by atomic mass is 9.88. The molecule has 3 aromatic carbocycles. The monoisotopic (exact) mass is 579 g/mol. The van der Waals surface area contributed by atoms with Gasteiger partial charge in [-0.25, -0.2) is 4.98 Å². The molecule has 0 radical (unpaired) electrons. The number of alkyl halides is 3. The molecule has 1 aliphatic carbocycles. The highest BCUT2D eigenvalue weighted by atomic mass is 32.1. The van der Waals surface area contributed by atoms with Crippen molar-refractivity contribution in [3.8, 4) is 11.3 Å². The van der Waals surface area contributed by atoms with Crippen LogP contribution < -0.4 is 10.6 Å². The van der Waals surface area contributed by atoms with Gasteiger partial charge in [-0.2, -0.15) is 13.2 Å². The molecule has 1 unspecified atom stereocenters. The number of fused-ring (bicyclic) bond motifs is 1. The molecule has 4 aromatic rings. The molecule has 10 heteroatoms. The molecule has 1 heterocycles. The Labute approximate surface area is 239 Å². The number of carbonyl (C=O) groups is 2. The number of carboxylic acid groups (broad SMARTS) is 1. The minimum atomic E-state index is -4.40. The molecule has 1 aromatic heterocycles. The third-order valence-corrected chi connectivity index (χ3v) is 7.89. The molecule has 41 heavy (non-hydrogen) atoms. The predicted molar refractivity (Wildman–Crippen MR) is 152 cm³/mol. The number of hydrogen-bond donors (Lipinski definition) is 3. The lowest BCUT2D eigenvalue weighted by Gasteiger charge is -2.23. The fourth-order valence-electron chi connectivity index (χ4n) is 4.93. The van der Waals surface area contributed by atoms with Crippen molar-refractivity contribution < 1.29 is 27.9 Å². The number of nitrogens with zero attached hydrogens (tertiary/aromatic N) is 1. The molecule has 0 spiro atoms. The van der Waals surface area contributed by atoms with E-state index in [1.165, 1.54) is 41.0 Å². The minimum Gasteiger partial charge on any atom is -0.481 e. The second kappa shape index (κ2) is 12.1. The van der Waals surface area contributed by atoms with Gasteiger partial charge < -0.3 is 15.7 Å². The maximum absolute atomic E-state index is 13.0. The molecule has 212 valence electrons. The Kier molecular flexibility index (Phi) is 8.39. The number of benzene rings is 3. The van der Waals surface area contributed by atoms with Crippen molar-refractivity contribution in [3.05, 3.63) is 105 Å². The second-order valence-electron chi connectivity index (χ2n) is 9.95. The molecule has 3 N–H and O–H groups in total. The van der Waals surface area contributed by atoms with Crippen molar-refractivity contribution in [3.63, 3.8) is 0 Å². The summed E-state index contributed by atoms with van der Waals surface area (Å²) in [5, 5.41) is 17.3. The summed E-state index contributed by atoms with van der Waals surface area (Å²) in [5.74, 6) is -1.33. The van der Waals surface area contributed by atoms with E-state index in [0.717, 1.165) is 42.5 Å². The van der Waals surface area contributed by atoms with Crippen molar-refractivity contribution >= 4 is 28.3 Å². The average Bonchev–Trinajstić information content (AvgIpc) is 3.44. The Morgan fingerprint density at radius 2 is 1.61 bits per heavy atom. The highest BCUT2D eigenvalue weighted by Gasteiger charge is 2.30. The van der Waals surface area contributed by atoms with E-state index in [1.54, 1.807) is 17.5 Å². The minimum absolute atomic E-state index is 0.0422. The first kappa shape index (κ1) is 28.4. The highest BCUT2D eigenvalue weighted by Crippen LogP contribution is 2.35. The molecule has 0 saturated carbocycles. The maximum Gasteiger partial charge on any atom is 0.416 e. The number of amides is 1. The van der Waals surface area contributed by atoms with E-state index in [1.807, 2.05) is 12.1 Å². The molecule has 6 nitrogen and oxygen atoms in total. The van der Waals surface area contributed by atoms with Crippen LogP contribution in [0.4, 0.5) is 18.3 Å². The Hall–Kier alpha value is -4.18. The van der Waals surface area contributed by atoms with Crippen LogP contribution in [0.2, 0.25) is 0 Å². The van der Waals surface area contributed by atoms with Crippen LogP contribution in [-0.4, -0.2) is 28.5 Å². The average molecular weight is 580 g/mol. The quantitative estimate of drug-likeness (QED) is 0.197. The van der Waals surface area contributed by atoms with Crippen LogP contribution >= 0.6 is 11.3 Å². The number of anilines is 1. The van der Waals surface area contributed by atoms with Gasteiger partial charge in [0.25, 0.3) is 5.91 Å². The Morgan fingerprint density at radius 3 is 2.29 bits per heavy atom. The number of halogens is 3. The van der Waals surface area contributed by atoms with Crippen molar-refractivity contribution in [2.24, 2.45) is 0 Å².